The molecule has 1 fully saturated rings. The number of carboxylic acid groups (broad SMARTS) is 1. The molecule has 86 valence electrons. The summed E-state index contributed by atoms with van der Waals surface area (Å²) in [6.07, 6.45) is 0. The molecule has 0 aliphatic carbocycles. The van der Waals surface area contributed by atoms with Gasteiger partial charge in [0.05, 0.1) is 13.2 Å². The fourth-order valence-corrected chi connectivity index (χ4v) is 1.33. The van der Waals surface area contributed by atoms with Gasteiger partial charge in [-0.3, -0.25) is 4.79 Å². The second-order valence-corrected chi connectivity index (χ2v) is 3.54. The van der Waals surface area contributed by atoms with Crippen LogP contribution >= 0.6 is 0 Å². The lowest BCUT2D eigenvalue weighted by Gasteiger charge is -2.29. The van der Waals surface area contributed by atoms with Crippen molar-refractivity contribution in [3.05, 3.63) is 0 Å². The molecule has 1 aliphatic heterocycles. The van der Waals surface area contributed by atoms with Crippen molar-refractivity contribution in [3.8, 4) is 0 Å². The molecular formula is C9H16N2O4. The number of carbonyl (C=O) groups is 2. The van der Waals surface area contributed by atoms with E-state index >= 15 is 0 Å². The van der Waals surface area contributed by atoms with Crippen molar-refractivity contribution in [1.82, 2.24) is 10.2 Å². The minimum Gasteiger partial charge on any atom is -0.480 e. The Morgan fingerprint density at radius 2 is 2.27 bits per heavy atom. The summed E-state index contributed by atoms with van der Waals surface area (Å²) >= 11 is 0. The Kier molecular flexibility index (Phi) is 4.05. The standard InChI is InChI=1S/C9H16N2O4/c1-6(9(13)14)11(2)8(12)7-5-15-4-3-10-7/h6-7,10H,3-5H2,1-2H3,(H,13,14). The number of amides is 1. The van der Waals surface area contributed by atoms with Crippen LogP contribution in [0.5, 0.6) is 0 Å². The van der Waals surface area contributed by atoms with Gasteiger partial charge in [-0.1, -0.05) is 0 Å². The zero-order chi connectivity index (χ0) is 11.4. The van der Waals surface area contributed by atoms with E-state index in [0.29, 0.717) is 19.8 Å². The summed E-state index contributed by atoms with van der Waals surface area (Å²) in [5.41, 5.74) is 0. The summed E-state index contributed by atoms with van der Waals surface area (Å²) in [6.45, 7) is 2.98. The molecule has 1 heterocycles. The van der Waals surface area contributed by atoms with Gasteiger partial charge in [-0.2, -0.15) is 0 Å². The number of carbonyl (C=O) groups excluding carboxylic acids is 1. The van der Waals surface area contributed by atoms with Crippen LogP contribution in [0, 0.1) is 0 Å². The quantitative estimate of drug-likeness (QED) is 0.626. The molecule has 0 aromatic heterocycles. The van der Waals surface area contributed by atoms with Gasteiger partial charge in [0, 0.05) is 13.6 Å². The van der Waals surface area contributed by atoms with Gasteiger partial charge < -0.3 is 20.1 Å². The highest BCUT2D eigenvalue weighted by Crippen LogP contribution is 2.02. The second kappa shape index (κ2) is 5.09. The van der Waals surface area contributed by atoms with E-state index in [1.54, 1.807) is 0 Å². The molecule has 1 rings (SSSR count). The zero-order valence-electron chi connectivity index (χ0n) is 8.90. The van der Waals surface area contributed by atoms with Crippen LogP contribution in [0.1, 0.15) is 6.92 Å². The molecule has 1 aliphatic rings. The Morgan fingerprint density at radius 3 is 2.73 bits per heavy atom. The molecule has 0 spiro atoms. The van der Waals surface area contributed by atoms with E-state index in [2.05, 4.69) is 5.32 Å². The van der Waals surface area contributed by atoms with Gasteiger partial charge >= 0.3 is 5.97 Å². The van der Waals surface area contributed by atoms with E-state index < -0.39 is 18.1 Å². The van der Waals surface area contributed by atoms with Gasteiger partial charge in [0.25, 0.3) is 0 Å². The second-order valence-electron chi connectivity index (χ2n) is 3.54. The monoisotopic (exact) mass is 216 g/mol. The van der Waals surface area contributed by atoms with Crippen molar-refractivity contribution >= 4 is 11.9 Å². The van der Waals surface area contributed by atoms with E-state index in [1.807, 2.05) is 0 Å². The summed E-state index contributed by atoms with van der Waals surface area (Å²) in [7, 11) is 1.48. The first-order valence-electron chi connectivity index (χ1n) is 4.84. The van der Waals surface area contributed by atoms with Gasteiger partial charge in [0.1, 0.15) is 12.1 Å². The molecule has 2 unspecified atom stereocenters. The third kappa shape index (κ3) is 2.90. The third-order valence-corrected chi connectivity index (χ3v) is 2.51. The number of likely N-dealkylation sites (N-methyl/N-ethyl adjacent to an activating group) is 1. The minimum atomic E-state index is -1.01. The van der Waals surface area contributed by atoms with E-state index in [9.17, 15) is 9.59 Å². The molecule has 0 saturated carbocycles. The fraction of sp³-hybridized carbons (Fsp3) is 0.778. The molecule has 2 atom stereocenters. The van der Waals surface area contributed by atoms with Gasteiger partial charge in [0.2, 0.25) is 5.91 Å². The number of hydrogen-bond donors (Lipinski definition) is 2. The van der Waals surface area contributed by atoms with Crippen LogP contribution in [0.15, 0.2) is 0 Å². The van der Waals surface area contributed by atoms with Crippen molar-refractivity contribution in [3.63, 3.8) is 0 Å². The summed E-state index contributed by atoms with van der Waals surface area (Å²) < 4.78 is 5.14. The largest absolute Gasteiger partial charge is 0.480 e. The molecule has 0 aromatic carbocycles. The van der Waals surface area contributed by atoms with Crippen molar-refractivity contribution in [2.75, 3.05) is 26.8 Å². The SMILES string of the molecule is CC(C(=O)O)N(C)C(=O)C1COCCN1. The highest BCUT2D eigenvalue weighted by Gasteiger charge is 2.29. The average molecular weight is 216 g/mol. The lowest BCUT2D eigenvalue weighted by atomic mass is 10.2. The summed E-state index contributed by atoms with van der Waals surface area (Å²) in [6, 6.07) is -1.24. The molecule has 15 heavy (non-hydrogen) atoms. The molecule has 0 bridgehead atoms. The van der Waals surface area contributed by atoms with Crippen molar-refractivity contribution < 1.29 is 19.4 Å². The topological polar surface area (TPSA) is 78.9 Å². The van der Waals surface area contributed by atoms with Crippen LogP contribution in [-0.4, -0.2) is 60.8 Å². The lowest BCUT2D eigenvalue weighted by Crippen LogP contribution is -2.54. The van der Waals surface area contributed by atoms with Crippen LogP contribution in [0.25, 0.3) is 0 Å². The van der Waals surface area contributed by atoms with Crippen LogP contribution < -0.4 is 5.32 Å². The number of morpholine rings is 1. The summed E-state index contributed by atoms with van der Waals surface area (Å²) in [4.78, 5) is 23.7. The van der Waals surface area contributed by atoms with E-state index in [-0.39, 0.29) is 5.91 Å². The fourth-order valence-electron chi connectivity index (χ4n) is 1.33. The Morgan fingerprint density at radius 1 is 1.60 bits per heavy atom. The lowest BCUT2D eigenvalue weighted by molar-refractivity contribution is -0.150. The molecule has 1 amide bonds. The third-order valence-electron chi connectivity index (χ3n) is 2.51. The van der Waals surface area contributed by atoms with Gasteiger partial charge in [-0.15, -0.1) is 0 Å². The average Bonchev–Trinajstić information content (AvgIpc) is 2.27. The molecule has 6 heteroatoms. The first kappa shape index (κ1) is 11.9. The molecular weight excluding hydrogens is 200 g/mol. The number of nitrogens with one attached hydrogen (secondary N) is 1. The van der Waals surface area contributed by atoms with Crippen molar-refractivity contribution in [2.24, 2.45) is 0 Å². The van der Waals surface area contributed by atoms with Gasteiger partial charge in [-0.25, -0.2) is 4.79 Å². The zero-order valence-corrected chi connectivity index (χ0v) is 8.90. The Balaban J connectivity index is 2.54. The first-order valence-corrected chi connectivity index (χ1v) is 4.84. The van der Waals surface area contributed by atoms with Crippen LogP contribution in [0.4, 0.5) is 0 Å². The predicted molar refractivity (Wildman–Crippen MR) is 52.5 cm³/mol. The molecule has 2 N–H and O–H groups in total. The normalized spacial score (nSPS) is 23.2. The highest BCUT2D eigenvalue weighted by atomic mass is 16.5. The maximum atomic E-state index is 11.8. The van der Waals surface area contributed by atoms with E-state index in [0.717, 1.165) is 0 Å². The number of nitrogens with zero attached hydrogens (tertiary/aromatic N) is 1. The van der Waals surface area contributed by atoms with Crippen LogP contribution in [-0.2, 0) is 14.3 Å². The predicted octanol–water partition coefficient (Wildman–Crippen LogP) is -1.09. The van der Waals surface area contributed by atoms with Gasteiger partial charge in [-0.05, 0) is 6.92 Å². The van der Waals surface area contributed by atoms with Gasteiger partial charge in [0.15, 0.2) is 0 Å². The number of carboxylic acids is 1. The minimum absolute atomic E-state index is 0.246. The van der Waals surface area contributed by atoms with E-state index in [1.165, 1.54) is 18.9 Å². The number of hydrogen-bond acceptors (Lipinski definition) is 4. The molecule has 1 saturated heterocycles. The maximum Gasteiger partial charge on any atom is 0.326 e. The molecule has 6 nitrogen and oxygen atoms in total. The van der Waals surface area contributed by atoms with Crippen molar-refractivity contribution in [1.29, 1.82) is 0 Å². The number of rotatable bonds is 3. The Labute approximate surface area is 88.2 Å². The van der Waals surface area contributed by atoms with Crippen LogP contribution in [0.3, 0.4) is 0 Å². The Hall–Kier alpha value is -1.14. The summed E-state index contributed by atoms with van der Waals surface area (Å²) in [5, 5.41) is 11.7. The number of aliphatic carboxylic acids is 1. The maximum absolute atomic E-state index is 11.8. The number of ether oxygens (including phenoxy) is 1. The summed E-state index contributed by atoms with van der Waals surface area (Å²) in [5.74, 6) is -1.26. The Bertz CT molecular complexity index is 250. The molecule has 0 aromatic rings. The highest BCUT2D eigenvalue weighted by molar-refractivity contribution is 5.86. The smallest absolute Gasteiger partial charge is 0.326 e. The molecule has 0 radical (unpaired) electrons. The van der Waals surface area contributed by atoms with E-state index in [4.69, 9.17) is 9.84 Å². The van der Waals surface area contributed by atoms with Crippen molar-refractivity contribution in [2.45, 2.75) is 19.0 Å². The first-order chi connectivity index (χ1) is 7.04. The van der Waals surface area contributed by atoms with Crippen LogP contribution in [0.2, 0.25) is 0 Å².